The number of nitrogens with zero attached hydrogens (tertiary/aromatic N) is 2. The Balaban J connectivity index is 1.52. The van der Waals surface area contributed by atoms with Gasteiger partial charge in [0.15, 0.2) is 6.61 Å². The molecule has 2 aliphatic rings. The standard InChI is InChI=1S/C22H25FN2O2/c1-24-13-5-8-20-22(24)19(16-9-11-17(23)12-10-16)14-25(20)21(26)15-27-18-6-3-2-4-7-18/h2-4,6-7,9-12,19-20,22H,5,8,13-15H2,1H3/t19-,20-,22-/m1/s1. The molecule has 4 rings (SSSR count). The van der Waals surface area contributed by atoms with Crippen LogP contribution in [-0.4, -0.2) is 54.5 Å². The van der Waals surface area contributed by atoms with Crippen LogP contribution < -0.4 is 4.74 Å². The Morgan fingerprint density at radius 2 is 1.89 bits per heavy atom. The number of piperidine rings is 1. The van der Waals surface area contributed by atoms with E-state index in [1.54, 1.807) is 0 Å². The van der Waals surface area contributed by atoms with Gasteiger partial charge in [0.1, 0.15) is 11.6 Å². The molecule has 0 unspecified atom stereocenters. The molecule has 2 heterocycles. The molecule has 2 fully saturated rings. The van der Waals surface area contributed by atoms with Crippen molar-refractivity contribution in [1.29, 1.82) is 0 Å². The summed E-state index contributed by atoms with van der Waals surface area (Å²) in [5.74, 6) is 0.697. The molecule has 0 aliphatic carbocycles. The number of halogens is 1. The molecule has 2 aromatic rings. The average Bonchev–Trinajstić information content (AvgIpc) is 3.09. The number of carbonyl (C=O) groups excluding carboxylic acids is 1. The third-order valence-corrected chi connectivity index (χ3v) is 5.84. The maximum Gasteiger partial charge on any atom is 0.260 e. The summed E-state index contributed by atoms with van der Waals surface area (Å²) in [5, 5.41) is 0. The third kappa shape index (κ3) is 3.69. The van der Waals surface area contributed by atoms with E-state index in [9.17, 15) is 9.18 Å². The lowest BCUT2D eigenvalue weighted by Crippen LogP contribution is -2.51. The number of likely N-dealkylation sites (tertiary alicyclic amines) is 2. The van der Waals surface area contributed by atoms with Crippen molar-refractivity contribution in [3.8, 4) is 5.75 Å². The van der Waals surface area contributed by atoms with E-state index < -0.39 is 0 Å². The van der Waals surface area contributed by atoms with Crippen LogP contribution in [0.4, 0.5) is 4.39 Å². The van der Waals surface area contributed by atoms with Gasteiger partial charge < -0.3 is 14.5 Å². The predicted molar refractivity (Wildman–Crippen MR) is 102 cm³/mol. The Kier molecular flexibility index (Phi) is 5.12. The highest BCUT2D eigenvalue weighted by molar-refractivity contribution is 5.79. The van der Waals surface area contributed by atoms with Gasteiger partial charge in [-0.1, -0.05) is 30.3 Å². The molecule has 2 aromatic carbocycles. The van der Waals surface area contributed by atoms with Crippen LogP contribution in [0.2, 0.25) is 0 Å². The first-order valence-corrected chi connectivity index (χ1v) is 9.56. The van der Waals surface area contributed by atoms with E-state index in [1.807, 2.05) is 47.4 Å². The quantitative estimate of drug-likeness (QED) is 0.830. The minimum Gasteiger partial charge on any atom is -0.484 e. The highest BCUT2D eigenvalue weighted by atomic mass is 19.1. The van der Waals surface area contributed by atoms with Crippen molar-refractivity contribution in [2.24, 2.45) is 0 Å². The summed E-state index contributed by atoms with van der Waals surface area (Å²) in [6.45, 7) is 1.73. The Labute approximate surface area is 159 Å². The van der Waals surface area contributed by atoms with Gasteiger partial charge in [0, 0.05) is 24.5 Å². The van der Waals surface area contributed by atoms with Gasteiger partial charge in [-0.05, 0) is 56.3 Å². The van der Waals surface area contributed by atoms with Gasteiger partial charge in [0.05, 0.1) is 0 Å². The number of benzene rings is 2. The normalized spacial score (nSPS) is 25.3. The van der Waals surface area contributed by atoms with Crippen LogP contribution in [0.25, 0.3) is 0 Å². The highest BCUT2D eigenvalue weighted by Gasteiger charge is 2.47. The summed E-state index contributed by atoms with van der Waals surface area (Å²) >= 11 is 0. The minimum absolute atomic E-state index is 0.0220. The fourth-order valence-electron chi connectivity index (χ4n) is 4.58. The molecule has 142 valence electrons. The number of likely N-dealkylation sites (N-methyl/N-ethyl adjacent to an activating group) is 1. The SMILES string of the molecule is CN1CCC[C@@H]2[C@H]1[C@@H](c1ccc(F)cc1)CN2C(=O)COc1ccccc1. The average molecular weight is 368 g/mol. The number of hydrogen-bond acceptors (Lipinski definition) is 3. The van der Waals surface area contributed by atoms with E-state index in [2.05, 4.69) is 11.9 Å². The van der Waals surface area contributed by atoms with Crippen molar-refractivity contribution in [2.75, 3.05) is 26.7 Å². The van der Waals surface area contributed by atoms with Crippen molar-refractivity contribution >= 4 is 5.91 Å². The smallest absolute Gasteiger partial charge is 0.260 e. The Morgan fingerprint density at radius 3 is 2.63 bits per heavy atom. The van der Waals surface area contributed by atoms with Gasteiger partial charge in [-0.25, -0.2) is 4.39 Å². The van der Waals surface area contributed by atoms with Crippen molar-refractivity contribution in [3.63, 3.8) is 0 Å². The highest BCUT2D eigenvalue weighted by Crippen LogP contribution is 2.39. The second-order valence-electron chi connectivity index (χ2n) is 7.49. The molecule has 1 amide bonds. The molecule has 3 atom stereocenters. The zero-order chi connectivity index (χ0) is 18.8. The molecule has 2 aliphatic heterocycles. The van der Waals surface area contributed by atoms with Crippen LogP contribution >= 0.6 is 0 Å². The van der Waals surface area contributed by atoms with Gasteiger partial charge in [-0.15, -0.1) is 0 Å². The van der Waals surface area contributed by atoms with Crippen molar-refractivity contribution in [1.82, 2.24) is 9.80 Å². The number of para-hydroxylation sites is 1. The Morgan fingerprint density at radius 1 is 1.15 bits per heavy atom. The second kappa shape index (κ2) is 7.69. The number of rotatable bonds is 4. The first kappa shape index (κ1) is 18.0. The lowest BCUT2D eigenvalue weighted by Gasteiger charge is -2.39. The van der Waals surface area contributed by atoms with E-state index in [0.717, 1.165) is 24.9 Å². The zero-order valence-electron chi connectivity index (χ0n) is 15.6. The summed E-state index contributed by atoms with van der Waals surface area (Å²) in [7, 11) is 2.13. The molecule has 0 saturated carbocycles. The molecule has 0 spiro atoms. The molecule has 2 saturated heterocycles. The van der Waals surface area contributed by atoms with Crippen LogP contribution in [0.1, 0.15) is 24.3 Å². The third-order valence-electron chi connectivity index (χ3n) is 5.84. The minimum atomic E-state index is -0.227. The zero-order valence-corrected chi connectivity index (χ0v) is 15.6. The first-order chi connectivity index (χ1) is 13.1. The first-order valence-electron chi connectivity index (χ1n) is 9.56. The van der Waals surface area contributed by atoms with Gasteiger partial charge in [-0.3, -0.25) is 4.79 Å². The Hall–Kier alpha value is -2.40. The summed E-state index contributed by atoms with van der Waals surface area (Å²) in [4.78, 5) is 17.3. The molecule has 0 radical (unpaired) electrons. The van der Waals surface area contributed by atoms with Gasteiger partial charge in [0.25, 0.3) is 5.91 Å². The lowest BCUT2D eigenvalue weighted by atomic mass is 9.86. The van der Waals surface area contributed by atoms with E-state index in [0.29, 0.717) is 12.3 Å². The lowest BCUT2D eigenvalue weighted by molar-refractivity contribution is -0.135. The maximum atomic E-state index is 13.4. The van der Waals surface area contributed by atoms with Crippen LogP contribution in [-0.2, 0) is 4.79 Å². The topological polar surface area (TPSA) is 32.8 Å². The molecule has 0 aromatic heterocycles. The molecular formula is C22H25FN2O2. The monoisotopic (exact) mass is 368 g/mol. The largest absolute Gasteiger partial charge is 0.484 e. The molecule has 0 bridgehead atoms. The van der Waals surface area contributed by atoms with Gasteiger partial charge in [-0.2, -0.15) is 0 Å². The fraction of sp³-hybridized carbons (Fsp3) is 0.409. The van der Waals surface area contributed by atoms with Crippen LogP contribution in [0.5, 0.6) is 5.75 Å². The predicted octanol–water partition coefficient (Wildman–Crippen LogP) is 3.29. The van der Waals surface area contributed by atoms with Gasteiger partial charge >= 0.3 is 0 Å². The van der Waals surface area contributed by atoms with Gasteiger partial charge in [0.2, 0.25) is 0 Å². The van der Waals surface area contributed by atoms with Crippen molar-refractivity contribution in [2.45, 2.75) is 30.8 Å². The number of amides is 1. The number of fused-ring (bicyclic) bond motifs is 1. The van der Waals surface area contributed by atoms with Crippen LogP contribution in [0.3, 0.4) is 0 Å². The van der Waals surface area contributed by atoms with E-state index in [-0.39, 0.29) is 36.3 Å². The summed E-state index contributed by atoms with van der Waals surface area (Å²) in [5.41, 5.74) is 1.10. The Bertz CT molecular complexity index is 781. The molecule has 27 heavy (non-hydrogen) atoms. The van der Waals surface area contributed by atoms with E-state index in [4.69, 9.17) is 4.74 Å². The molecule has 4 nitrogen and oxygen atoms in total. The fourth-order valence-corrected chi connectivity index (χ4v) is 4.58. The number of ether oxygens (including phenoxy) is 1. The van der Waals surface area contributed by atoms with Crippen molar-refractivity contribution < 1.29 is 13.9 Å². The number of carbonyl (C=O) groups is 1. The maximum absolute atomic E-state index is 13.4. The summed E-state index contributed by atoms with van der Waals surface area (Å²) < 4.78 is 19.0. The molecule has 0 N–H and O–H groups in total. The van der Waals surface area contributed by atoms with Crippen molar-refractivity contribution in [3.05, 3.63) is 66.0 Å². The summed E-state index contributed by atoms with van der Waals surface area (Å²) in [6.07, 6.45) is 2.08. The molecule has 5 heteroatoms. The van der Waals surface area contributed by atoms with Crippen LogP contribution in [0, 0.1) is 5.82 Å². The van der Waals surface area contributed by atoms with Crippen LogP contribution in [0.15, 0.2) is 54.6 Å². The second-order valence-corrected chi connectivity index (χ2v) is 7.49. The van der Waals surface area contributed by atoms with E-state index >= 15 is 0 Å². The summed E-state index contributed by atoms with van der Waals surface area (Å²) in [6, 6.07) is 16.6. The number of hydrogen-bond donors (Lipinski definition) is 0. The molecular weight excluding hydrogens is 343 g/mol. The van der Waals surface area contributed by atoms with E-state index in [1.165, 1.54) is 12.1 Å².